The van der Waals surface area contributed by atoms with Crippen molar-refractivity contribution in [2.45, 2.75) is 32.4 Å². The molecule has 3 heteroatoms. The van der Waals surface area contributed by atoms with Gasteiger partial charge < -0.3 is 5.32 Å². The van der Waals surface area contributed by atoms with Crippen molar-refractivity contribution < 1.29 is 4.39 Å². The van der Waals surface area contributed by atoms with Crippen molar-refractivity contribution in [3.8, 4) is 0 Å². The first kappa shape index (κ1) is 12.5. The van der Waals surface area contributed by atoms with Gasteiger partial charge in [-0.3, -0.25) is 4.90 Å². The number of halogens is 1. The Morgan fingerprint density at radius 3 is 2.94 bits per heavy atom. The Hall–Kier alpha value is -0.930. The first-order valence-corrected chi connectivity index (χ1v) is 6.40. The zero-order valence-electron chi connectivity index (χ0n) is 10.6. The van der Waals surface area contributed by atoms with Crippen LogP contribution in [0.3, 0.4) is 0 Å². The molecule has 0 aliphatic carbocycles. The molecule has 94 valence electrons. The standard InChI is InChI=1S/C14H21FN2/c1-11-10-17(9-5-8-16-11)12(2)13-6-3-4-7-14(13)15/h3-4,6-7,11-12,16H,5,8-10H2,1-2H3. The number of nitrogens with one attached hydrogen (secondary N) is 1. The topological polar surface area (TPSA) is 15.3 Å². The molecule has 0 spiro atoms. The summed E-state index contributed by atoms with van der Waals surface area (Å²) in [7, 11) is 0. The Balaban J connectivity index is 2.13. The maximum Gasteiger partial charge on any atom is 0.127 e. The second kappa shape index (κ2) is 5.61. The van der Waals surface area contributed by atoms with Gasteiger partial charge in [0.1, 0.15) is 5.82 Å². The minimum absolute atomic E-state index is 0.0927. The van der Waals surface area contributed by atoms with Gasteiger partial charge in [-0.05, 0) is 32.9 Å². The summed E-state index contributed by atoms with van der Waals surface area (Å²) in [4.78, 5) is 2.36. The normalized spacial score (nSPS) is 24.3. The Bertz CT molecular complexity index is 367. The van der Waals surface area contributed by atoms with Crippen LogP contribution in [0.15, 0.2) is 24.3 Å². The third-order valence-corrected chi connectivity index (χ3v) is 3.53. The van der Waals surface area contributed by atoms with Gasteiger partial charge in [0.15, 0.2) is 0 Å². The molecule has 2 atom stereocenters. The molecular formula is C14H21FN2. The fourth-order valence-electron chi connectivity index (χ4n) is 2.50. The smallest absolute Gasteiger partial charge is 0.127 e. The molecule has 1 N–H and O–H groups in total. The first-order chi connectivity index (χ1) is 8.18. The van der Waals surface area contributed by atoms with Crippen molar-refractivity contribution in [1.29, 1.82) is 0 Å². The van der Waals surface area contributed by atoms with Crippen LogP contribution >= 0.6 is 0 Å². The molecule has 1 fully saturated rings. The lowest BCUT2D eigenvalue weighted by molar-refractivity contribution is 0.206. The maximum atomic E-state index is 13.8. The summed E-state index contributed by atoms with van der Waals surface area (Å²) in [5.74, 6) is -0.0927. The number of nitrogens with zero attached hydrogens (tertiary/aromatic N) is 1. The van der Waals surface area contributed by atoms with Crippen LogP contribution in [0.2, 0.25) is 0 Å². The number of hydrogen-bond acceptors (Lipinski definition) is 2. The highest BCUT2D eigenvalue weighted by molar-refractivity contribution is 5.20. The quantitative estimate of drug-likeness (QED) is 0.849. The first-order valence-electron chi connectivity index (χ1n) is 6.40. The molecular weight excluding hydrogens is 215 g/mol. The van der Waals surface area contributed by atoms with Gasteiger partial charge in [-0.1, -0.05) is 18.2 Å². The third kappa shape index (κ3) is 3.05. The minimum atomic E-state index is -0.0927. The van der Waals surface area contributed by atoms with Crippen LogP contribution in [0.25, 0.3) is 0 Å². The molecule has 1 aromatic rings. The SMILES string of the molecule is CC1CN(C(C)c2ccccc2F)CCCN1. The second-order valence-corrected chi connectivity index (χ2v) is 4.90. The summed E-state index contributed by atoms with van der Waals surface area (Å²) < 4.78 is 13.8. The lowest BCUT2D eigenvalue weighted by atomic mass is 10.1. The molecule has 17 heavy (non-hydrogen) atoms. The van der Waals surface area contributed by atoms with Gasteiger partial charge in [-0.15, -0.1) is 0 Å². The number of hydrogen-bond donors (Lipinski definition) is 1. The summed E-state index contributed by atoms with van der Waals surface area (Å²) in [5, 5.41) is 3.46. The van der Waals surface area contributed by atoms with Gasteiger partial charge in [-0.25, -0.2) is 4.39 Å². The minimum Gasteiger partial charge on any atom is -0.313 e. The predicted molar refractivity (Wildman–Crippen MR) is 68.5 cm³/mol. The van der Waals surface area contributed by atoms with Crippen molar-refractivity contribution in [1.82, 2.24) is 10.2 Å². The molecule has 2 unspecified atom stereocenters. The van der Waals surface area contributed by atoms with Crippen LogP contribution in [-0.4, -0.2) is 30.6 Å². The number of benzene rings is 1. The zero-order valence-corrected chi connectivity index (χ0v) is 10.6. The molecule has 0 amide bonds. The highest BCUT2D eigenvalue weighted by Gasteiger charge is 2.21. The lowest BCUT2D eigenvalue weighted by Crippen LogP contribution is -2.36. The highest BCUT2D eigenvalue weighted by Crippen LogP contribution is 2.23. The van der Waals surface area contributed by atoms with Crippen molar-refractivity contribution in [3.63, 3.8) is 0 Å². The van der Waals surface area contributed by atoms with E-state index in [1.54, 1.807) is 12.1 Å². The van der Waals surface area contributed by atoms with Crippen molar-refractivity contribution in [3.05, 3.63) is 35.6 Å². The fourth-order valence-corrected chi connectivity index (χ4v) is 2.50. The largest absolute Gasteiger partial charge is 0.313 e. The van der Waals surface area contributed by atoms with Gasteiger partial charge in [0, 0.05) is 30.7 Å². The molecule has 0 saturated carbocycles. The second-order valence-electron chi connectivity index (χ2n) is 4.90. The molecule has 1 saturated heterocycles. The van der Waals surface area contributed by atoms with Crippen molar-refractivity contribution in [2.24, 2.45) is 0 Å². The molecule has 2 nitrogen and oxygen atoms in total. The molecule has 1 aromatic carbocycles. The van der Waals surface area contributed by atoms with E-state index >= 15 is 0 Å². The average Bonchev–Trinajstić information content (AvgIpc) is 2.54. The van der Waals surface area contributed by atoms with E-state index in [0.29, 0.717) is 6.04 Å². The molecule has 1 aliphatic rings. The monoisotopic (exact) mass is 236 g/mol. The van der Waals surface area contributed by atoms with E-state index in [-0.39, 0.29) is 11.9 Å². The fraction of sp³-hybridized carbons (Fsp3) is 0.571. The Kier molecular flexibility index (Phi) is 4.13. The molecule has 0 aromatic heterocycles. The van der Waals surface area contributed by atoms with Gasteiger partial charge in [-0.2, -0.15) is 0 Å². The highest BCUT2D eigenvalue weighted by atomic mass is 19.1. The third-order valence-electron chi connectivity index (χ3n) is 3.53. The van der Waals surface area contributed by atoms with Gasteiger partial charge in [0.25, 0.3) is 0 Å². The molecule has 1 heterocycles. The summed E-state index contributed by atoms with van der Waals surface area (Å²) in [6, 6.07) is 7.73. The van der Waals surface area contributed by atoms with Crippen LogP contribution in [-0.2, 0) is 0 Å². The number of rotatable bonds is 2. The van der Waals surface area contributed by atoms with E-state index in [4.69, 9.17) is 0 Å². The van der Waals surface area contributed by atoms with E-state index in [1.165, 1.54) is 0 Å². The van der Waals surface area contributed by atoms with Crippen LogP contribution < -0.4 is 5.32 Å². The van der Waals surface area contributed by atoms with Crippen LogP contribution in [0.5, 0.6) is 0 Å². The molecule has 0 bridgehead atoms. The van der Waals surface area contributed by atoms with E-state index in [1.807, 2.05) is 12.1 Å². The Labute approximate surface area is 103 Å². The molecule has 2 rings (SSSR count). The maximum absolute atomic E-state index is 13.8. The summed E-state index contributed by atoms with van der Waals surface area (Å²) in [6.07, 6.45) is 1.13. The van der Waals surface area contributed by atoms with Gasteiger partial charge in [0.2, 0.25) is 0 Å². The van der Waals surface area contributed by atoms with Crippen molar-refractivity contribution >= 4 is 0 Å². The van der Waals surface area contributed by atoms with Crippen LogP contribution in [0, 0.1) is 5.82 Å². The van der Waals surface area contributed by atoms with Crippen LogP contribution in [0.1, 0.15) is 31.9 Å². The van der Waals surface area contributed by atoms with E-state index in [0.717, 1.165) is 31.6 Å². The predicted octanol–water partition coefficient (Wildman–Crippen LogP) is 2.57. The average molecular weight is 236 g/mol. The van der Waals surface area contributed by atoms with E-state index in [2.05, 4.69) is 24.1 Å². The van der Waals surface area contributed by atoms with Crippen molar-refractivity contribution in [2.75, 3.05) is 19.6 Å². The van der Waals surface area contributed by atoms with Gasteiger partial charge in [0.05, 0.1) is 0 Å². The summed E-state index contributed by atoms with van der Waals surface area (Å²) >= 11 is 0. The van der Waals surface area contributed by atoms with Crippen LogP contribution in [0.4, 0.5) is 4.39 Å². The zero-order chi connectivity index (χ0) is 12.3. The Morgan fingerprint density at radius 1 is 1.41 bits per heavy atom. The molecule has 1 aliphatic heterocycles. The summed E-state index contributed by atoms with van der Waals surface area (Å²) in [6.45, 7) is 7.35. The summed E-state index contributed by atoms with van der Waals surface area (Å²) in [5.41, 5.74) is 0.807. The Morgan fingerprint density at radius 2 is 2.18 bits per heavy atom. The lowest BCUT2D eigenvalue weighted by Gasteiger charge is -2.29. The van der Waals surface area contributed by atoms with E-state index in [9.17, 15) is 4.39 Å². The van der Waals surface area contributed by atoms with Gasteiger partial charge >= 0.3 is 0 Å². The molecule has 0 radical (unpaired) electrons. The van der Waals surface area contributed by atoms with E-state index < -0.39 is 0 Å².